The summed E-state index contributed by atoms with van der Waals surface area (Å²) in [7, 11) is 3.91. The van der Waals surface area contributed by atoms with Crippen molar-refractivity contribution in [1.82, 2.24) is 4.98 Å². The van der Waals surface area contributed by atoms with Gasteiger partial charge in [-0.25, -0.2) is 4.98 Å². The molecule has 82 valence electrons. The van der Waals surface area contributed by atoms with Crippen molar-refractivity contribution in [3.05, 3.63) is 21.8 Å². The molecule has 1 atom stereocenters. The van der Waals surface area contributed by atoms with Gasteiger partial charge in [-0.2, -0.15) is 0 Å². The quantitative estimate of drug-likeness (QED) is 0.851. The van der Waals surface area contributed by atoms with Crippen LogP contribution in [0.25, 0.3) is 0 Å². The summed E-state index contributed by atoms with van der Waals surface area (Å²) in [6.45, 7) is 0. The molecule has 0 fully saturated rings. The first-order valence-electron chi connectivity index (χ1n) is 5.14. The molecule has 0 bridgehead atoms. The fourth-order valence-corrected chi connectivity index (χ4v) is 2.68. The van der Waals surface area contributed by atoms with Gasteiger partial charge in [-0.3, -0.25) is 0 Å². The Morgan fingerprint density at radius 3 is 2.93 bits per heavy atom. The van der Waals surface area contributed by atoms with E-state index in [1.54, 1.807) is 0 Å². The Hall–Kier alpha value is -0.610. The van der Waals surface area contributed by atoms with Crippen molar-refractivity contribution in [3.8, 4) is 0 Å². The van der Waals surface area contributed by atoms with E-state index >= 15 is 0 Å². The van der Waals surface area contributed by atoms with Crippen molar-refractivity contribution in [3.63, 3.8) is 0 Å². The first kappa shape index (κ1) is 10.9. The topological polar surface area (TPSA) is 36.4 Å². The third kappa shape index (κ3) is 2.01. The summed E-state index contributed by atoms with van der Waals surface area (Å²) in [6, 6.07) is 2.08. The second-order valence-electron chi connectivity index (χ2n) is 4.14. The van der Waals surface area contributed by atoms with E-state index in [-0.39, 0.29) is 6.10 Å². The summed E-state index contributed by atoms with van der Waals surface area (Å²) in [5.41, 5.74) is 2.03. The summed E-state index contributed by atoms with van der Waals surface area (Å²) in [5.74, 6) is 0.884. The lowest BCUT2D eigenvalue weighted by Crippen LogP contribution is -2.17. The number of hydrogen-bond donors (Lipinski definition) is 1. The Kier molecular flexibility index (Phi) is 2.98. The Morgan fingerprint density at radius 2 is 2.27 bits per heavy atom. The lowest BCUT2D eigenvalue weighted by Gasteiger charge is -2.23. The number of aliphatic hydroxyl groups excluding tert-OH is 1. The molecule has 3 nitrogen and oxygen atoms in total. The molecule has 1 unspecified atom stereocenters. The van der Waals surface area contributed by atoms with E-state index in [9.17, 15) is 5.11 Å². The predicted molar refractivity (Wildman–Crippen MR) is 64.2 cm³/mol. The van der Waals surface area contributed by atoms with Crippen molar-refractivity contribution >= 4 is 21.7 Å². The average molecular weight is 271 g/mol. The van der Waals surface area contributed by atoms with E-state index in [1.165, 1.54) is 5.56 Å². The first-order chi connectivity index (χ1) is 7.09. The number of nitrogens with zero attached hydrogens (tertiary/aromatic N) is 2. The largest absolute Gasteiger partial charge is 0.387 e. The van der Waals surface area contributed by atoms with Crippen molar-refractivity contribution in [2.75, 3.05) is 19.0 Å². The first-order valence-corrected chi connectivity index (χ1v) is 5.93. The number of anilines is 1. The minimum atomic E-state index is -0.388. The smallest absolute Gasteiger partial charge is 0.142 e. The van der Waals surface area contributed by atoms with Gasteiger partial charge in [0.25, 0.3) is 0 Å². The second kappa shape index (κ2) is 4.10. The zero-order chi connectivity index (χ0) is 11.0. The number of hydrogen-bond acceptors (Lipinski definition) is 3. The summed E-state index contributed by atoms with van der Waals surface area (Å²) < 4.78 is 1.00. The van der Waals surface area contributed by atoms with Gasteiger partial charge >= 0.3 is 0 Å². The molecular weight excluding hydrogens is 256 g/mol. The van der Waals surface area contributed by atoms with Crippen LogP contribution in [0.4, 0.5) is 5.82 Å². The highest BCUT2D eigenvalue weighted by Gasteiger charge is 2.21. The van der Waals surface area contributed by atoms with Crippen LogP contribution in [0.15, 0.2) is 10.5 Å². The molecule has 0 saturated carbocycles. The predicted octanol–water partition coefficient (Wildman–Crippen LogP) is 2.28. The van der Waals surface area contributed by atoms with Crippen LogP contribution in [-0.4, -0.2) is 24.2 Å². The third-order valence-electron chi connectivity index (χ3n) is 2.73. The van der Waals surface area contributed by atoms with Gasteiger partial charge in [0.2, 0.25) is 0 Å². The summed E-state index contributed by atoms with van der Waals surface area (Å²) in [4.78, 5) is 6.47. The number of aromatic nitrogens is 1. The van der Waals surface area contributed by atoms with Crippen LogP contribution in [0.2, 0.25) is 0 Å². The number of pyridine rings is 1. The fourth-order valence-electron chi connectivity index (χ4n) is 1.96. The summed E-state index contributed by atoms with van der Waals surface area (Å²) >= 11 is 3.51. The molecule has 1 aliphatic carbocycles. The SMILES string of the molecule is CN(C)c1nc2c(cc1Br)CCCC2O. The van der Waals surface area contributed by atoms with E-state index in [4.69, 9.17) is 0 Å². The second-order valence-corrected chi connectivity index (χ2v) is 4.99. The Balaban J connectivity index is 2.50. The van der Waals surface area contributed by atoms with E-state index in [0.717, 1.165) is 35.2 Å². The van der Waals surface area contributed by atoms with E-state index < -0.39 is 0 Å². The van der Waals surface area contributed by atoms with Crippen LogP contribution in [0.5, 0.6) is 0 Å². The maximum Gasteiger partial charge on any atom is 0.142 e. The van der Waals surface area contributed by atoms with Gasteiger partial charge in [0.15, 0.2) is 0 Å². The van der Waals surface area contributed by atoms with E-state index in [2.05, 4.69) is 27.0 Å². The van der Waals surface area contributed by atoms with Gasteiger partial charge in [0, 0.05) is 14.1 Å². The summed E-state index contributed by atoms with van der Waals surface area (Å²) in [6.07, 6.45) is 2.50. The molecule has 2 rings (SSSR count). The highest BCUT2D eigenvalue weighted by atomic mass is 79.9. The lowest BCUT2D eigenvalue weighted by atomic mass is 9.94. The average Bonchev–Trinajstić information content (AvgIpc) is 2.16. The fraction of sp³-hybridized carbons (Fsp3) is 0.545. The van der Waals surface area contributed by atoms with Crippen LogP contribution in [-0.2, 0) is 6.42 Å². The van der Waals surface area contributed by atoms with E-state index in [0.29, 0.717) is 0 Å². The van der Waals surface area contributed by atoms with Crippen LogP contribution < -0.4 is 4.90 Å². The molecule has 0 aliphatic heterocycles. The molecule has 0 radical (unpaired) electrons. The zero-order valence-corrected chi connectivity index (χ0v) is 10.6. The molecule has 0 spiro atoms. The molecule has 1 aliphatic rings. The molecule has 1 heterocycles. The Labute approximate surface area is 98.3 Å². The van der Waals surface area contributed by atoms with Gasteiger partial charge in [0.1, 0.15) is 5.82 Å². The summed E-state index contributed by atoms with van der Waals surface area (Å²) in [5, 5.41) is 9.86. The standard InChI is InChI=1S/C11H15BrN2O/c1-14(2)11-8(12)6-7-4-3-5-9(15)10(7)13-11/h6,9,15H,3-5H2,1-2H3. The van der Waals surface area contributed by atoms with Gasteiger partial charge in [0.05, 0.1) is 16.3 Å². The monoisotopic (exact) mass is 270 g/mol. The Morgan fingerprint density at radius 1 is 1.53 bits per heavy atom. The normalized spacial score (nSPS) is 19.9. The lowest BCUT2D eigenvalue weighted by molar-refractivity contribution is 0.151. The number of rotatable bonds is 1. The molecule has 4 heteroatoms. The maximum absolute atomic E-state index is 9.86. The van der Waals surface area contributed by atoms with Crippen molar-refractivity contribution < 1.29 is 5.11 Å². The maximum atomic E-state index is 9.86. The highest BCUT2D eigenvalue weighted by Crippen LogP contribution is 2.33. The molecule has 0 aromatic carbocycles. The minimum absolute atomic E-state index is 0.388. The van der Waals surface area contributed by atoms with Gasteiger partial charge in [-0.1, -0.05) is 0 Å². The number of fused-ring (bicyclic) bond motifs is 1. The molecule has 1 aromatic rings. The van der Waals surface area contributed by atoms with Crippen LogP contribution in [0.1, 0.15) is 30.2 Å². The third-order valence-corrected chi connectivity index (χ3v) is 3.32. The number of aliphatic hydroxyl groups is 1. The van der Waals surface area contributed by atoms with Crippen LogP contribution >= 0.6 is 15.9 Å². The van der Waals surface area contributed by atoms with Gasteiger partial charge in [-0.05, 0) is 46.8 Å². The molecule has 0 saturated heterocycles. The molecular formula is C11H15BrN2O. The molecule has 1 N–H and O–H groups in total. The number of aryl methyl sites for hydroxylation is 1. The van der Waals surface area contributed by atoms with Gasteiger partial charge < -0.3 is 10.0 Å². The van der Waals surface area contributed by atoms with Crippen molar-refractivity contribution in [1.29, 1.82) is 0 Å². The molecule has 15 heavy (non-hydrogen) atoms. The van der Waals surface area contributed by atoms with Gasteiger partial charge in [-0.15, -0.1) is 0 Å². The van der Waals surface area contributed by atoms with Crippen molar-refractivity contribution in [2.45, 2.75) is 25.4 Å². The molecule has 0 amide bonds. The molecule has 1 aromatic heterocycles. The highest BCUT2D eigenvalue weighted by molar-refractivity contribution is 9.10. The number of halogens is 1. The van der Waals surface area contributed by atoms with Crippen LogP contribution in [0, 0.1) is 0 Å². The minimum Gasteiger partial charge on any atom is -0.387 e. The van der Waals surface area contributed by atoms with Crippen molar-refractivity contribution in [2.24, 2.45) is 0 Å². The Bertz CT molecular complexity index is 379. The van der Waals surface area contributed by atoms with E-state index in [1.807, 2.05) is 19.0 Å². The zero-order valence-electron chi connectivity index (χ0n) is 9.00. The van der Waals surface area contributed by atoms with Crippen LogP contribution in [0.3, 0.4) is 0 Å².